The Labute approximate surface area is 206 Å². The van der Waals surface area contributed by atoms with E-state index in [1.54, 1.807) is 6.08 Å². The molecule has 1 unspecified atom stereocenters. The van der Waals surface area contributed by atoms with Crippen LogP contribution in [0.1, 0.15) is 52.0 Å². The molecular formula is C22H34N4O7P2. The molecule has 0 fully saturated rings. The number of nitrogens with zero attached hydrogens (tertiary/aromatic N) is 3. The highest BCUT2D eigenvalue weighted by Crippen LogP contribution is 2.57. The van der Waals surface area contributed by atoms with Crippen molar-refractivity contribution < 1.29 is 32.6 Å². The van der Waals surface area contributed by atoms with E-state index >= 15 is 0 Å². The molecule has 194 valence electrons. The highest BCUT2D eigenvalue weighted by atomic mass is 31.3. The molecule has 0 aliphatic carbocycles. The number of azide groups is 1. The summed E-state index contributed by atoms with van der Waals surface area (Å²) in [6.07, 6.45) is 9.26. The van der Waals surface area contributed by atoms with Crippen LogP contribution in [0.3, 0.4) is 0 Å². The van der Waals surface area contributed by atoms with Gasteiger partial charge in [0, 0.05) is 17.1 Å². The van der Waals surface area contributed by atoms with Gasteiger partial charge in [0.25, 0.3) is 0 Å². The second-order valence-electron chi connectivity index (χ2n) is 8.01. The Balaban J connectivity index is 2.35. The van der Waals surface area contributed by atoms with Gasteiger partial charge in [-0.25, -0.2) is 9.13 Å². The van der Waals surface area contributed by atoms with E-state index in [2.05, 4.69) is 50.2 Å². The average Bonchev–Trinajstić information content (AvgIpc) is 2.74. The molecule has 0 saturated carbocycles. The van der Waals surface area contributed by atoms with Gasteiger partial charge >= 0.3 is 15.6 Å². The van der Waals surface area contributed by atoms with Gasteiger partial charge in [-0.3, -0.25) is 4.52 Å². The van der Waals surface area contributed by atoms with Crippen LogP contribution in [0.4, 0.5) is 5.69 Å². The number of hydrogen-bond acceptors (Lipinski definition) is 6. The molecule has 1 atom stereocenters. The first-order valence-corrected chi connectivity index (χ1v) is 14.0. The van der Waals surface area contributed by atoms with Crippen LogP contribution < -0.4 is 5.32 Å². The maximum Gasteiger partial charge on any atom is 0.481 e. The van der Waals surface area contributed by atoms with Crippen molar-refractivity contribution in [2.45, 2.75) is 53.0 Å². The number of allylic oxidation sites excluding steroid dienone is 4. The maximum atomic E-state index is 11.4. The fourth-order valence-corrected chi connectivity index (χ4v) is 4.46. The Morgan fingerprint density at radius 1 is 1.06 bits per heavy atom. The Bertz CT molecular complexity index is 1060. The first kappa shape index (κ1) is 30.8. The van der Waals surface area contributed by atoms with Gasteiger partial charge in [0.1, 0.15) is 0 Å². The van der Waals surface area contributed by atoms with Crippen molar-refractivity contribution in [1.82, 2.24) is 0 Å². The second kappa shape index (κ2) is 15.7. The highest BCUT2D eigenvalue weighted by molar-refractivity contribution is 7.60. The van der Waals surface area contributed by atoms with Crippen LogP contribution in [0.2, 0.25) is 0 Å². The lowest BCUT2D eigenvalue weighted by molar-refractivity contribution is 0.191. The van der Waals surface area contributed by atoms with E-state index in [0.29, 0.717) is 13.0 Å². The van der Waals surface area contributed by atoms with Gasteiger partial charge in [0.05, 0.1) is 13.2 Å². The SMILES string of the molecule is C/C(=C\CC/C(C)=C/COP(=O)(O)OP(=O)(O)O)CC/C=C(\C)CNc1cccc(CN=[N+]=[N-])c1. The number of hydrogen-bond donors (Lipinski definition) is 4. The molecule has 0 aliphatic heterocycles. The third-order valence-electron chi connectivity index (χ3n) is 4.76. The Morgan fingerprint density at radius 2 is 1.69 bits per heavy atom. The minimum Gasteiger partial charge on any atom is -0.381 e. The molecule has 35 heavy (non-hydrogen) atoms. The van der Waals surface area contributed by atoms with Gasteiger partial charge in [0.15, 0.2) is 0 Å². The number of phosphoric ester groups is 1. The summed E-state index contributed by atoms with van der Waals surface area (Å²) in [6.45, 7) is 6.74. The van der Waals surface area contributed by atoms with Crippen LogP contribution in [0.5, 0.6) is 0 Å². The van der Waals surface area contributed by atoms with Crippen molar-refractivity contribution in [3.05, 3.63) is 75.2 Å². The molecule has 1 aromatic rings. The molecule has 11 nitrogen and oxygen atoms in total. The van der Waals surface area contributed by atoms with Gasteiger partial charge in [-0.1, -0.05) is 52.2 Å². The minimum atomic E-state index is -5.11. The predicted molar refractivity (Wildman–Crippen MR) is 136 cm³/mol. The van der Waals surface area contributed by atoms with Crippen molar-refractivity contribution in [1.29, 1.82) is 0 Å². The first-order chi connectivity index (χ1) is 16.4. The summed E-state index contributed by atoms with van der Waals surface area (Å²) < 4.78 is 30.2. The maximum absolute atomic E-state index is 11.4. The molecule has 0 saturated heterocycles. The molecule has 1 aromatic carbocycles. The lowest BCUT2D eigenvalue weighted by Gasteiger charge is -2.11. The molecule has 0 aromatic heterocycles. The van der Waals surface area contributed by atoms with E-state index in [-0.39, 0.29) is 6.61 Å². The smallest absolute Gasteiger partial charge is 0.381 e. The Hall–Kier alpha value is -2.19. The van der Waals surface area contributed by atoms with E-state index in [0.717, 1.165) is 42.6 Å². The third kappa shape index (κ3) is 16.2. The average molecular weight is 528 g/mol. The summed E-state index contributed by atoms with van der Waals surface area (Å²) in [5.41, 5.74) is 13.8. The van der Waals surface area contributed by atoms with E-state index in [9.17, 15) is 14.0 Å². The first-order valence-electron chi connectivity index (χ1n) is 10.9. The fourth-order valence-electron chi connectivity index (χ4n) is 2.93. The van der Waals surface area contributed by atoms with E-state index in [4.69, 9.17) is 15.3 Å². The summed E-state index contributed by atoms with van der Waals surface area (Å²) in [5, 5.41) is 6.95. The molecule has 0 heterocycles. The van der Waals surface area contributed by atoms with Crippen molar-refractivity contribution in [2.75, 3.05) is 18.5 Å². The van der Waals surface area contributed by atoms with Gasteiger partial charge in [0.2, 0.25) is 0 Å². The Kier molecular flexibility index (Phi) is 13.9. The summed E-state index contributed by atoms with van der Waals surface area (Å²) in [5.74, 6) is 0. The summed E-state index contributed by atoms with van der Waals surface area (Å²) >= 11 is 0. The lowest BCUT2D eigenvalue weighted by Crippen LogP contribution is -2.03. The molecule has 0 radical (unpaired) electrons. The molecule has 0 spiro atoms. The van der Waals surface area contributed by atoms with E-state index in [1.807, 2.05) is 31.2 Å². The van der Waals surface area contributed by atoms with Crippen LogP contribution in [0.15, 0.2) is 64.3 Å². The molecule has 13 heteroatoms. The topological polar surface area (TPSA) is 174 Å². The number of benzene rings is 1. The lowest BCUT2D eigenvalue weighted by atomic mass is 10.1. The number of phosphoric acid groups is 2. The molecule has 0 bridgehead atoms. The highest BCUT2D eigenvalue weighted by Gasteiger charge is 2.31. The molecule has 0 aliphatic rings. The van der Waals surface area contributed by atoms with Gasteiger partial charge in [-0.05, 0) is 69.7 Å². The normalized spacial score (nSPS) is 14.9. The second-order valence-corrected chi connectivity index (χ2v) is 10.8. The molecule has 1 rings (SSSR count). The number of rotatable bonds is 16. The quantitative estimate of drug-likeness (QED) is 0.0615. The van der Waals surface area contributed by atoms with Crippen LogP contribution in [0.25, 0.3) is 10.4 Å². The predicted octanol–water partition coefficient (Wildman–Crippen LogP) is 6.53. The van der Waals surface area contributed by atoms with Crippen LogP contribution >= 0.6 is 15.6 Å². The van der Waals surface area contributed by atoms with Crippen LogP contribution in [-0.2, 0) is 24.5 Å². The van der Waals surface area contributed by atoms with Crippen molar-refractivity contribution >= 4 is 21.3 Å². The van der Waals surface area contributed by atoms with Crippen molar-refractivity contribution in [3.8, 4) is 0 Å². The summed E-state index contributed by atoms with van der Waals surface area (Å²) in [4.78, 5) is 29.1. The zero-order chi connectivity index (χ0) is 26.3. The number of anilines is 1. The van der Waals surface area contributed by atoms with Gasteiger partial charge in [-0.15, -0.1) is 0 Å². The zero-order valence-electron chi connectivity index (χ0n) is 20.2. The fraction of sp³-hybridized carbons (Fsp3) is 0.455. The Morgan fingerprint density at radius 3 is 2.31 bits per heavy atom. The summed E-state index contributed by atoms with van der Waals surface area (Å²) in [6, 6.07) is 7.78. The summed E-state index contributed by atoms with van der Waals surface area (Å²) in [7, 11) is -9.91. The third-order valence-corrected chi connectivity index (χ3v) is 6.91. The largest absolute Gasteiger partial charge is 0.481 e. The van der Waals surface area contributed by atoms with Crippen LogP contribution in [0, 0.1) is 0 Å². The van der Waals surface area contributed by atoms with Gasteiger partial charge < -0.3 is 20.0 Å². The zero-order valence-corrected chi connectivity index (χ0v) is 22.0. The minimum absolute atomic E-state index is 0.293. The molecule has 0 amide bonds. The molecule has 4 N–H and O–H groups in total. The van der Waals surface area contributed by atoms with E-state index < -0.39 is 15.6 Å². The van der Waals surface area contributed by atoms with Crippen LogP contribution in [-0.4, -0.2) is 27.8 Å². The van der Waals surface area contributed by atoms with Crippen molar-refractivity contribution in [2.24, 2.45) is 5.11 Å². The molecular weight excluding hydrogens is 494 g/mol. The van der Waals surface area contributed by atoms with Crippen molar-refractivity contribution in [3.63, 3.8) is 0 Å². The monoisotopic (exact) mass is 528 g/mol. The standard InChI is InChI=1S/C22H34N4O7P2/c1-18(7-4-9-19(2)13-14-32-35(30,31)33-34(27,28)29)8-5-10-20(3)16-24-22-12-6-11-21(15-22)17-25-26-23/h6-7,10-13,15,24H,4-5,8-9,14,16-17H2,1-3H3,(H,30,31)(H2,27,28,29)/b18-7+,19-13+,20-10+. The van der Waals surface area contributed by atoms with Gasteiger partial charge in [-0.2, -0.15) is 4.31 Å². The number of nitrogens with one attached hydrogen (secondary N) is 1. The van der Waals surface area contributed by atoms with E-state index in [1.165, 1.54) is 11.1 Å².